The smallest absolute Gasteiger partial charge is 0.271 e. The van der Waals surface area contributed by atoms with E-state index in [0.29, 0.717) is 16.4 Å². The lowest BCUT2D eigenvalue weighted by Gasteiger charge is -2.18. The third kappa shape index (κ3) is 3.61. The fourth-order valence-corrected chi connectivity index (χ4v) is 2.97. The molecule has 1 aliphatic rings. The van der Waals surface area contributed by atoms with Gasteiger partial charge in [0.15, 0.2) is 0 Å². The van der Waals surface area contributed by atoms with Crippen molar-refractivity contribution >= 4 is 40.5 Å². The summed E-state index contributed by atoms with van der Waals surface area (Å²) in [6, 6.07) is 12.6. The van der Waals surface area contributed by atoms with Gasteiger partial charge < -0.3 is 10.2 Å². The van der Waals surface area contributed by atoms with Crippen molar-refractivity contribution in [2.75, 3.05) is 16.8 Å². The Kier molecular flexibility index (Phi) is 4.67. The minimum absolute atomic E-state index is 0.0615. The number of benzene rings is 2. The zero-order chi connectivity index (χ0) is 18.0. The molecular weight excluding hydrogens is 346 g/mol. The fraction of sp³-hybridized carbons (Fsp3) is 0.176. The number of carbonyl (C=O) groups is 2. The number of amides is 2. The maximum atomic E-state index is 12.4. The molecule has 1 atom stereocenters. The highest BCUT2D eigenvalue weighted by Crippen LogP contribution is 2.31. The second kappa shape index (κ2) is 6.90. The predicted molar refractivity (Wildman–Crippen MR) is 93.6 cm³/mol. The minimum atomic E-state index is -0.553. The number of anilines is 2. The van der Waals surface area contributed by atoms with Gasteiger partial charge in [0.05, 0.1) is 21.6 Å². The summed E-state index contributed by atoms with van der Waals surface area (Å²) in [6.07, 6.45) is 0.0615. The normalized spacial score (nSPS) is 16.8. The summed E-state index contributed by atoms with van der Waals surface area (Å²) in [4.78, 5) is 36.4. The number of nitrogens with one attached hydrogen (secondary N) is 1. The molecule has 1 aliphatic heterocycles. The number of carbonyl (C=O) groups excluding carboxylic acids is 2. The van der Waals surface area contributed by atoms with E-state index in [1.165, 1.54) is 23.1 Å². The van der Waals surface area contributed by atoms with E-state index in [9.17, 15) is 19.7 Å². The molecule has 2 amide bonds. The van der Waals surface area contributed by atoms with Gasteiger partial charge in [0.1, 0.15) is 0 Å². The van der Waals surface area contributed by atoms with Crippen LogP contribution < -0.4 is 10.2 Å². The van der Waals surface area contributed by atoms with Gasteiger partial charge in [-0.05, 0) is 18.2 Å². The Morgan fingerprint density at radius 1 is 1.24 bits per heavy atom. The maximum absolute atomic E-state index is 12.4. The molecule has 0 bridgehead atoms. The van der Waals surface area contributed by atoms with E-state index in [1.54, 1.807) is 30.3 Å². The zero-order valence-corrected chi connectivity index (χ0v) is 13.8. The Bertz CT molecular complexity index is 855. The van der Waals surface area contributed by atoms with E-state index in [0.717, 1.165) is 0 Å². The number of halogens is 1. The molecule has 0 unspecified atom stereocenters. The Morgan fingerprint density at radius 2 is 2.00 bits per heavy atom. The SMILES string of the molecule is O=C(Nc1cccc([N+](=O)[O-])c1)[C@H]1CC(=O)N(c2ccccc2Cl)C1. The highest BCUT2D eigenvalue weighted by molar-refractivity contribution is 6.33. The lowest BCUT2D eigenvalue weighted by atomic mass is 10.1. The first kappa shape index (κ1) is 16.9. The minimum Gasteiger partial charge on any atom is -0.326 e. The first-order valence-corrected chi connectivity index (χ1v) is 7.93. The van der Waals surface area contributed by atoms with Crippen molar-refractivity contribution in [3.63, 3.8) is 0 Å². The van der Waals surface area contributed by atoms with Crippen LogP contribution in [0.25, 0.3) is 0 Å². The van der Waals surface area contributed by atoms with E-state index in [-0.39, 0.29) is 30.5 Å². The van der Waals surface area contributed by atoms with Crippen molar-refractivity contribution in [2.45, 2.75) is 6.42 Å². The number of para-hydroxylation sites is 1. The molecule has 0 spiro atoms. The molecule has 1 heterocycles. The van der Waals surface area contributed by atoms with E-state index < -0.39 is 10.8 Å². The summed E-state index contributed by atoms with van der Waals surface area (Å²) in [7, 11) is 0. The highest BCUT2D eigenvalue weighted by atomic mass is 35.5. The van der Waals surface area contributed by atoms with Gasteiger partial charge >= 0.3 is 0 Å². The Hall–Kier alpha value is -2.93. The fourth-order valence-electron chi connectivity index (χ4n) is 2.73. The van der Waals surface area contributed by atoms with E-state index in [2.05, 4.69) is 5.32 Å². The van der Waals surface area contributed by atoms with Crippen LogP contribution in [0.4, 0.5) is 17.1 Å². The quantitative estimate of drug-likeness (QED) is 0.670. The van der Waals surface area contributed by atoms with Crippen molar-refractivity contribution in [2.24, 2.45) is 5.92 Å². The first-order chi connectivity index (χ1) is 12.0. The summed E-state index contributed by atoms with van der Waals surface area (Å²) in [5.74, 6) is -1.10. The second-order valence-corrected chi connectivity index (χ2v) is 6.06. The van der Waals surface area contributed by atoms with Crippen LogP contribution in [0, 0.1) is 16.0 Å². The zero-order valence-electron chi connectivity index (χ0n) is 13.0. The number of nitrogens with zero attached hydrogens (tertiary/aromatic N) is 2. The van der Waals surface area contributed by atoms with Crippen LogP contribution in [0.15, 0.2) is 48.5 Å². The van der Waals surface area contributed by atoms with Crippen LogP contribution in [-0.4, -0.2) is 23.3 Å². The van der Waals surface area contributed by atoms with Crippen LogP contribution in [0.5, 0.6) is 0 Å². The Morgan fingerprint density at radius 3 is 2.72 bits per heavy atom. The monoisotopic (exact) mass is 359 g/mol. The molecular formula is C17H14ClN3O4. The lowest BCUT2D eigenvalue weighted by molar-refractivity contribution is -0.384. The van der Waals surface area contributed by atoms with Gasteiger partial charge in [-0.15, -0.1) is 0 Å². The number of nitro benzene ring substituents is 1. The lowest BCUT2D eigenvalue weighted by Crippen LogP contribution is -2.28. The van der Waals surface area contributed by atoms with Crippen molar-refractivity contribution in [3.05, 3.63) is 63.7 Å². The molecule has 0 radical (unpaired) electrons. The van der Waals surface area contributed by atoms with Gasteiger partial charge in [-0.3, -0.25) is 19.7 Å². The molecule has 1 fully saturated rings. The van der Waals surface area contributed by atoms with Crippen molar-refractivity contribution < 1.29 is 14.5 Å². The molecule has 25 heavy (non-hydrogen) atoms. The van der Waals surface area contributed by atoms with Crippen LogP contribution in [0.2, 0.25) is 5.02 Å². The molecule has 2 aromatic carbocycles. The highest BCUT2D eigenvalue weighted by Gasteiger charge is 2.35. The topological polar surface area (TPSA) is 92.5 Å². The molecule has 8 heteroatoms. The predicted octanol–water partition coefficient (Wildman–Crippen LogP) is 3.24. The summed E-state index contributed by atoms with van der Waals surface area (Å²) >= 11 is 6.12. The van der Waals surface area contributed by atoms with Crippen molar-refractivity contribution in [3.8, 4) is 0 Å². The van der Waals surface area contributed by atoms with Crippen LogP contribution in [0.1, 0.15) is 6.42 Å². The summed E-state index contributed by atoms with van der Waals surface area (Å²) < 4.78 is 0. The summed E-state index contributed by atoms with van der Waals surface area (Å²) in [5.41, 5.74) is 0.778. The van der Waals surface area contributed by atoms with Crippen molar-refractivity contribution in [1.82, 2.24) is 0 Å². The van der Waals surface area contributed by atoms with E-state index in [1.807, 2.05) is 0 Å². The molecule has 1 saturated heterocycles. The van der Waals surface area contributed by atoms with Crippen LogP contribution in [0.3, 0.4) is 0 Å². The van der Waals surface area contributed by atoms with Gasteiger partial charge in [-0.2, -0.15) is 0 Å². The third-order valence-corrected chi connectivity index (χ3v) is 4.28. The third-order valence-electron chi connectivity index (χ3n) is 3.96. The number of hydrogen-bond acceptors (Lipinski definition) is 4. The molecule has 0 saturated carbocycles. The average Bonchev–Trinajstić information content (AvgIpc) is 2.97. The van der Waals surface area contributed by atoms with Gasteiger partial charge in [-0.25, -0.2) is 0 Å². The second-order valence-electron chi connectivity index (χ2n) is 5.65. The van der Waals surface area contributed by atoms with Gasteiger partial charge in [-0.1, -0.05) is 29.8 Å². The number of hydrogen-bond donors (Lipinski definition) is 1. The number of nitro groups is 1. The molecule has 3 rings (SSSR count). The van der Waals surface area contributed by atoms with E-state index >= 15 is 0 Å². The van der Waals surface area contributed by atoms with Gasteiger partial charge in [0, 0.05) is 30.8 Å². The Labute approximate surface area is 148 Å². The molecule has 0 aliphatic carbocycles. The molecule has 0 aromatic heterocycles. The molecule has 2 aromatic rings. The van der Waals surface area contributed by atoms with Gasteiger partial charge in [0.2, 0.25) is 11.8 Å². The van der Waals surface area contributed by atoms with Crippen molar-refractivity contribution in [1.29, 1.82) is 0 Å². The standard InChI is InChI=1S/C17H14ClN3O4/c18-14-6-1-2-7-15(14)20-10-11(8-16(20)22)17(23)19-12-4-3-5-13(9-12)21(24)25/h1-7,9,11H,8,10H2,(H,19,23)/t11-/m0/s1. The maximum Gasteiger partial charge on any atom is 0.271 e. The molecule has 1 N–H and O–H groups in total. The van der Waals surface area contributed by atoms with Crippen LogP contribution >= 0.6 is 11.6 Å². The Balaban J connectivity index is 1.72. The molecule has 128 valence electrons. The largest absolute Gasteiger partial charge is 0.326 e. The van der Waals surface area contributed by atoms with E-state index in [4.69, 9.17) is 11.6 Å². The first-order valence-electron chi connectivity index (χ1n) is 7.56. The average molecular weight is 360 g/mol. The summed E-state index contributed by atoms with van der Waals surface area (Å²) in [5, 5.41) is 13.9. The van der Waals surface area contributed by atoms with Gasteiger partial charge in [0.25, 0.3) is 5.69 Å². The number of rotatable bonds is 4. The van der Waals surface area contributed by atoms with Crippen LogP contribution in [-0.2, 0) is 9.59 Å². The summed E-state index contributed by atoms with van der Waals surface area (Å²) in [6.45, 7) is 0.212. The molecule has 7 nitrogen and oxygen atoms in total. The number of non-ortho nitro benzene ring substituents is 1.